The molecule has 0 fully saturated rings. The maximum Gasteiger partial charge on any atom is 0.310 e. The summed E-state index contributed by atoms with van der Waals surface area (Å²) in [6.45, 7) is 6.91. The van der Waals surface area contributed by atoms with Crippen LogP contribution in [0.15, 0.2) is 48.5 Å². The van der Waals surface area contributed by atoms with Crippen LogP contribution in [0.2, 0.25) is 0 Å². The Bertz CT molecular complexity index is 775. The molecule has 0 bridgehead atoms. The summed E-state index contributed by atoms with van der Waals surface area (Å²) in [7, 11) is 1.98. The summed E-state index contributed by atoms with van der Waals surface area (Å²) in [5, 5.41) is 9.27. The van der Waals surface area contributed by atoms with Crippen molar-refractivity contribution in [2.24, 2.45) is 11.8 Å². The average Bonchev–Trinajstić information content (AvgIpc) is 2.65. The molecule has 26 heavy (non-hydrogen) atoms. The van der Waals surface area contributed by atoms with E-state index in [-0.39, 0.29) is 17.8 Å². The highest BCUT2D eigenvalue weighted by molar-refractivity contribution is 5.74. The van der Waals surface area contributed by atoms with Gasteiger partial charge in [0.05, 0.1) is 24.2 Å². The van der Waals surface area contributed by atoms with Gasteiger partial charge in [0.2, 0.25) is 0 Å². The van der Waals surface area contributed by atoms with Crippen LogP contribution in [0.3, 0.4) is 0 Å². The maximum atomic E-state index is 12.2. The number of carbonyl (C=O) groups is 1. The smallest absolute Gasteiger partial charge is 0.310 e. The third-order valence-electron chi connectivity index (χ3n) is 4.53. The van der Waals surface area contributed by atoms with Crippen molar-refractivity contribution in [3.63, 3.8) is 0 Å². The highest BCUT2D eigenvalue weighted by Crippen LogP contribution is 2.26. The summed E-state index contributed by atoms with van der Waals surface area (Å²) in [5.41, 5.74) is 3.62. The zero-order chi connectivity index (χ0) is 19.1. The van der Waals surface area contributed by atoms with Crippen molar-refractivity contribution in [3.8, 4) is 17.2 Å². The molecule has 0 radical (unpaired) electrons. The van der Waals surface area contributed by atoms with E-state index >= 15 is 0 Å². The molecule has 4 nitrogen and oxygen atoms in total. The molecule has 0 aromatic heterocycles. The molecule has 1 unspecified atom stereocenters. The van der Waals surface area contributed by atoms with Crippen molar-refractivity contribution in [3.05, 3.63) is 54.1 Å². The molecule has 0 aliphatic rings. The molecule has 0 aliphatic heterocycles. The number of carbonyl (C=O) groups excluding carboxylic acids is 1. The van der Waals surface area contributed by atoms with E-state index in [2.05, 4.69) is 11.0 Å². The molecule has 0 saturated heterocycles. The Kier molecular flexibility index (Phi) is 6.80. The van der Waals surface area contributed by atoms with Crippen LogP contribution >= 0.6 is 0 Å². The summed E-state index contributed by atoms with van der Waals surface area (Å²) in [6, 6.07) is 17.9. The molecular weight excluding hydrogens is 324 g/mol. The monoisotopic (exact) mass is 350 g/mol. The number of anilines is 1. The summed E-state index contributed by atoms with van der Waals surface area (Å²) >= 11 is 0. The highest BCUT2D eigenvalue weighted by atomic mass is 16.5. The van der Waals surface area contributed by atoms with Crippen LogP contribution < -0.4 is 4.90 Å². The minimum Gasteiger partial charge on any atom is -0.466 e. The molecule has 1 atom stereocenters. The van der Waals surface area contributed by atoms with Gasteiger partial charge < -0.3 is 9.64 Å². The van der Waals surface area contributed by atoms with Crippen molar-refractivity contribution in [1.82, 2.24) is 0 Å². The lowest BCUT2D eigenvalue weighted by Gasteiger charge is -2.27. The number of rotatable bonds is 7. The number of ether oxygens (including phenoxy) is 1. The number of hydrogen-bond acceptors (Lipinski definition) is 4. The van der Waals surface area contributed by atoms with E-state index in [0.717, 1.165) is 16.8 Å². The van der Waals surface area contributed by atoms with Crippen LogP contribution in [-0.4, -0.2) is 26.2 Å². The minimum absolute atomic E-state index is 0.145. The molecule has 0 heterocycles. The molecule has 136 valence electrons. The second kappa shape index (κ2) is 9.05. The molecule has 0 spiro atoms. The van der Waals surface area contributed by atoms with Gasteiger partial charge >= 0.3 is 5.97 Å². The van der Waals surface area contributed by atoms with Gasteiger partial charge in [-0.15, -0.1) is 0 Å². The van der Waals surface area contributed by atoms with Gasteiger partial charge in [-0.3, -0.25) is 4.79 Å². The highest BCUT2D eigenvalue weighted by Gasteiger charge is 2.25. The van der Waals surface area contributed by atoms with Gasteiger partial charge in [-0.1, -0.05) is 44.2 Å². The quantitative estimate of drug-likeness (QED) is 0.690. The van der Waals surface area contributed by atoms with E-state index in [1.165, 1.54) is 0 Å². The van der Waals surface area contributed by atoms with E-state index in [4.69, 9.17) is 4.74 Å². The first kappa shape index (κ1) is 19.5. The third-order valence-corrected chi connectivity index (χ3v) is 4.53. The van der Waals surface area contributed by atoms with E-state index < -0.39 is 0 Å². The largest absolute Gasteiger partial charge is 0.466 e. The number of nitrogens with zero attached hydrogens (tertiary/aromatic N) is 2. The number of benzene rings is 2. The van der Waals surface area contributed by atoms with Gasteiger partial charge in [0, 0.05) is 19.3 Å². The maximum absolute atomic E-state index is 12.2. The van der Waals surface area contributed by atoms with Crippen LogP contribution in [0.5, 0.6) is 0 Å². The first-order chi connectivity index (χ1) is 12.5. The van der Waals surface area contributed by atoms with Crippen LogP contribution in [0.1, 0.15) is 26.3 Å². The van der Waals surface area contributed by atoms with Crippen molar-refractivity contribution in [2.75, 3.05) is 25.1 Å². The molecule has 2 rings (SSSR count). The lowest BCUT2D eigenvalue weighted by Crippen LogP contribution is -2.34. The van der Waals surface area contributed by atoms with Gasteiger partial charge in [-0.05, 0) is 42.2 Å². The summed E-state index contributed by atoms with van der Waals surface area (Å²) in [4.78, 5) is 14.3. The standard InChI is InChI=1S/C22H26N2O2/c1-5-26-22(25)21(16(2)3)15-24(4)19-12-10-17(11-13-19)20-9-7-6-8-18(20)14-23/h6-13,16,21H,5,15H2,1-4H3. The number of esters is 1. The zero-order valence-electron chi connectivity index (χ0n) is 15.9. The van der Waals surface area contributed by atoms with Crippen molar-refractivity contribution >= 4 is 11.7 Å². The summed E-state index contributed by atoms with van der Waals surface area (Å²) < 4.78 is 5.21. The number of hydrogen-bond donors (Lipinski definition) is 0. The van der Waals surface area contributed by atoms with E-state index in [1.807, 2.05) is 76.3 Å². The topological polar surface area (TPSA) is 53.3 Å². The summed E-state index contributed by atoms with van der Waals surface area (Å²) in [5.74, 6) is -0.105. The molecule has 0 N–H and O–H groups in total. The molecule has 4 heteroatoms. The fraction of sp³-hybridized carbons (Fsp3) is 0.364. The van der Waals surface area contributed by atoms with Crippen LogP contribution in [-0.2, 0) is 9.53 Å². The van der Waals surface area contributed by atoms with Crippen LogP contribution in [0.4, 0.5) is 5.69 Å². The van der Waals surface area contributed by atoms with Crippen LogP contribution in [0.25, 0.3) is 11.1 Å². The van der Waals surface area contributed by atoms with Crippen molar-refractivity contribution in [1.29, 1.82) is 5.26 Å². The fourth-order valence-corrected chi connectivity index (χ4v) is 2.94. The molecule has 0 amide bonds. The Morgan fingerprint density at radius 2 is 1.81 bits per heavy atom. The normalized spacial score (nSPS) is 11.7. The lowest BCUT2D eigenvalue weighted by molar-refractivity contribution is -0.149. The van der Waals surface area contributed by atoms with E-state index in [9.17, 15) is 10.1 Å². The Morgan fingerprint density at radius 3 is 2.38 bits per heavy atom. The minimum atomic E-state index is -0.168. The second-order valence-corrected chi connectivity index (χ2v) is 6.69. The number of nitriles is 1. The Balaban J connectivity index is 2.17. The van der Waals surface area contributed by atoms with E-state index in [1.54, 1.807) is 0 Å². The zero-order valence-corrected chi connectivity index (χ0v) is 15.9. The summed E-state index contributed by atoms with van der Waals surface area (Å²) in [6.07, 6.45) is 0. The fourth-order valence-electron chi connectivity index (χ4n) is 2.94. The first-order valence-electron chi connectivity index (χ1n) is 8.95. The molecular formula is C22H26N2O2. The Morgan fingerprint density at radius 1 is 1.15 bits per heavy atom. The SMILES string of the molecule is CCOC(=O)C(CN(C)c1ccc(-c2ccccc2C#N)cc1)C(C)C. The van der Waals surface area contributed by atoms with Gasteiger partial charge in [0.25, 0.3) is 0 Å². The molecule has 2 aromatic carbocycles. The molecule has 0 saturated carbocycles. The first-order valence-corrected chi connectivity index (χ1v) is 8.95. The van der Waals surface area contributed by atoms with Gasteiger partial charge in [0.15, 0.2) is 0 Å². The average molecular weight is 350 g/mol. The Labute approximate surface area is 156 Å². The second-order valence-electron chi connectivity index (χ2n) is 6.69. The van der Waals surface area contributed by atoms with Gasteiger partial charge in [0.1, 0.15) is 0 Å². The predicted octanol–water partition coefficient (Wildman–Crippen LogP) is 4.50. The predicted molar refractivity (Wildman–Crippen MR) is 105 cm³/mol. The van der Waals surface area contributed by atoms with Gasteiger partial charge in [-0.25, -0.2) is 0 Å². The lowest BCUT2D eigenvalue weighted by atomic mass is 9.95. The third kappa shape index (κ3) is 4.64. The molecule has 2 aromatic rings. The van der Waals surface area contributed by atoms with Gasteiger partial charge in [-0.2, -0.15) is 5.26 Å². The van der Waals surface area contributed by atoms with Crippen molar-refractivity contribution in [2.45, 2.75) is 20.8 Å². The molecule has 0 aliphatic carbocycles. The van der Waals surface area contributed by atoms with Crippen LogP contribution in [0, 0.1) is 23.2 Å². The van der Waals surface area contributed by atoms with E-state index in [0.29, 0.717) is 18.7 Å². The Hall–Kier alpha value is -2.80. The van der Waals surface area contributed by atoms with Crippen molar-refractivity contribution < 1.29 is 9.53 Å².